The van der Waals surface area contributed by atoms with Gasteiger partial charge in [0.05, 0.1) is 16.4 Å². The Kier molecular flexibility index (Phi) is 4.60. The maximum absolute atomic E-state index is 11.3. The van der Waals surface area contributed by atoms with Gasteiger partial charge in [-0.15, -0.1) is 0 Å². The van der Waals surface area contributed by atoms with Gasteiger partial charge in [-0.1, -0.05) is 6.92 Å². The van der Waals surface area contributed by atoms with E-state index in [0.717, 1.165) is 6.92 Å². The molecule has 3 unspecified atom stereocenters. The summed E-state index contributed by atoms with van der Waals surface area (Å²) in [6, 6.07) is 0. The number of hydrogen-bond donors (Lipinski definition) is 3. The van der Waals surface area contributed by atoms with Crippen LogP contribution in [0.5, 0.6) is 0 Å². The normalized spacial score (nSPS) is 30.8. The van der Waals surface area contributed by atoms with Gasteiger partial charge >= 0.3 is 5.97 Å². The van der Waals surface area contributed by atoms with Crippen molar-refractivity contribution in [1.29, 1.82) is 0 Å². The van der Waals surface area contributed by atoms with Crippen LogP contribution in [0.2, 0.25) is 0 Å². The molecule has 0 aliphatic heterocycles. The second kappa shape index (κ2) is 5.35. The second-order valence-corrected chi connectivity index (χ2v) is 7.84. The molecule has 0 aromatic rings. The molecule has 0 bridgehead atoms. The minimum atomic E-state index is -4.62. The highest BCUT2D eigenvalue weighted by atomic mass is 32.2. The van der Waals surface area contributed by atoms with Crippen molar-refractivity contribution >= 4 is 26.2 Å². The third kappa shape index (κ3) is 3.65. The quantitative estimate of drug-likeness (QED) is 0.606. The van der Waals surface area contributed by atoms with E-state index in [-0.39, 0.29) is 12.8 Å². The van der Waals surface area contributed by atoms with Crippen LogP contribution in [0.1, 0.15) is 19.8 Å². The van der Waals surface area contributed by atoms with Crippen LogP contribution in [0, 0.1) is 18.3 Å². The van der Waals surface area contributed by atoms with E-state index in [2.05, 4.69) is 0 Å². The van der Waals surface area contributed by atoms with Gasteiger partial charge in [0.15, 0.2) is 0 Å². The Morgan fingerprint density at radius 1 is 1.11 bits per heavy atom. The van der Waals surface area contributed by atoms with Gasteiger partial charge in [-0.25, -0.2) is 0 Å². The van der Waals surface area contributed by atoms with Crippen LogP contribution in [-0.4, -0.2) is 47.5 Å². The van der Waals surface area contributed by atoms with E-state index < -0.39 is 48.5 Å². The fraction of sp³-hybridized carbons (Fsp3) is 0.778. The third-order valence-corrected chi connectivity index (χ3v) is 5.93. The molecule has 0 heterocycles. The first kappa shape index (κ1) is 16.3. The summed E-state index contributed by atoms with van der Waals surface area (Å²) >= 11 is 0. The molecule has 1 aliphatic carbocycles. The largest absolute Gasteiger partial charge is 0.481 e. The van der Waals surface area contributed by atoms with Crippen LogP contribution >= 0.6 is 0 Å². The van der Waals surface area contributed by atoms with Crippen molar-refractivity contribution in [2.45, 2.75) is 30.3 Å². The molecule has 1 radical (unpaired) electrons. The number of carbonyl (C=O) groups is 1. The van der Waals surface area contributed by atoms with Crippen LogP contribution in [0.4, 0.5) is 0 Å². The van der Waals surface area contributed by atoms with E-state index in [4.69, 9.17) is 14.2 Å². The van der Waals surface area contributed by atoms with Gasteiger partial charge < -0.3 is 5.11 Å². The Balaban J connectivity index is 3.31. The monoisotopic (exact) mass is 315 g/mol. The summed E-state index contributed by atoms with van der Waals surface area (Å²) in [4.78, 5) is 11.0. The molecule has 1 rings (SSSR count). The predicted octanol–water partition coefficient (Wildman–Crippen LogP) is -0.166. The zero-order valence-corrected chi connectivity index (χ0v) is 11.6. The Bertz CT molecular complexity index is 509. The fourth-order valence-electron chi connectivity index (χ4n) is 2.43. The second-order valence-electron chi connectivity index (χ2n) is 4.57. The maximum atomic E-state index is 11.3. The minimum Gasteiger partial charge on any atom is -0.481 e. The van der Waals surface area contributed by atoms with Crippen LogP contribution in [-0.2, 0) is 25.0 Å². The third-order valence-electron chi connectivity index (χ3n) is 3.39. The summed E-state index contributed by atoms with van der Waals surface area (Å²) in [6.45, 7) is 1.15. The van der Waals surface area contributed by atoms with Crippen molar-refractivity contribution < 1.29 is 35.8 Å². The molecular weight excluding hydrogens is 300 g/mol. The van der Waals surface area contributed by atoms with E-state index in [1.807, 2.05) is 0 Å². The summed E-state index contributed by atoms with van der Waals surface area (Å²) in [5.41, 5.74) is 0. The van der Waals surface area contributed by atoms with E-state index in [9.17, 15) is 21.6 Å². The SMILES string of the molecule is CC(C(=O)O)C1C(S(=O)(=O)O)C[CH]CC1S(=O)(=O)O. The molecule has 3 atom stereocenters. The molecule has 111 valence electrons. The number of carboxylic acids is 1. The number of aliphatic carboxylic acids is 1. The first-order valence-electron chi connectivity index (χ1n) is 5.43. The van der Waals surface area contributed by atoms with Gasteiger partial charge in [-0.05, 0) is 19.3 Å². The lowest BCUT2D eigenvalue weighted by molar-refractivity contribution is -0.143. The molecular formula is C9H15O8S2. The molecule has 1 aliphatic rings. The summed E-state index contributed by atoms with van der Waals surface area (Å²) in [5, 5.41) is 5.83. The first-order valence-corrected chi connectivity index (χ1v) is 8.44. The Morgan fingerprint density at radius 3 is 1.74 bits per heavy atom. The van der Waals surface area contributed by atoms with E-state index in [0.29, 0.717) is 0 Å². The molecule has 0 spiro atoms. The molecule has 8 nitrogen and oxygen atoms in total. The fourth-order valence-corrected chi connectivity index (χ4v) is 4.93. The van der Waals surface area contributed by atoms with Crippen LogP contribution in [0.3, 0.4) is 0 Å². The average molecular weight is 315 g/mol. The summed E-state index contributed by atoms with van der Waals surface area (Å²) in [7, 11) is -9.23. The lowest BCUT2D eigenvalue weighted by Crippen LogP contribution is -2.49. The van der Waals surface area contributed by atoms with Gasteiger partial charge in [-0.3, -0.25) is 13.9 Å². The van der Waals surface area contributed by atoms with E-state index in [1.165, 1.54) is 6.42 Å². The molecule has 10 heteroatoms. The minimum absolute atomic E-state index is 0.160. The smallest absolute Gasteiger partial charge is 0.306 e. The standard InChI is InChI=1S/C9H15O8S2/c1-5(9(10)11)8-6(18(12,13)14)3-2-4-7(8)19(15,16)17/h2,5-8H,3-4H2,1H3,(H,10,11)(H,12,13,14)(H,15,16,17). The molecule has 1 fully saturated rings. The van der Waals surface area contributed by atoms with E-state index >= 15 is 0 Å². The molecule has 0 aromatic heterocycles. The topological polar surface area (TPSA) is 146 Å². The molecule has 19 heavy (non-hydrogen) atoms. The highest BCUT2D eigenvalue weighted by molar-refractivity contribution is 7.87. The maximum Gasteiger partial charge on any atom is 0.306 e. The highest BCUT2D eigenvalue weighted by Gasteiger charge is 2.49. The van der Waals surface area contributed by atoms with Crippen LogP contribution < -0.4 is 0 Å². The molecule has 1 saturated carbocycles. The number of carboxylic acid groups (broad SMARTS) is 1. The van der Waals surface area contributed by atoms with Gasteiger partial charge in [-0.2, -0.15) is 16.8 Å². The lowest BCUT2D eigenvalue weighted by atomic mass is 9.80. The number of hydrogen-bond acceptors (Lipinski definition) is 5. The van der Waals surface area contributed by atoms with E-state index in [1.54, 1.807) is 0 Å². The van der Waals surface area contributed by atoms with Crippen molar-refractivity contribution in [3.8, 4) is 0 Å². The summed E-state index contributed by atoms with van der Waals surface area (Å²) < 4.78 is 63.3. The zero-order valence-electron chi connectivity index (χ0n) is 10.0. The van der Waals surface area contributed by atoms with Crippen molar-refractivity contribution in [3.63, 3.8) is 0 Å². The van der Waals surface area contributed by atoms with Crippen LogP contribution in [0.25, 0.3) is 0 Å². The highest BCUT2D eigenvalue weighted by Crippen LogP contribution is 2.37. The molecule has 3 N–H and O–H groups in total. The number of rotatable bonds is 4. The first-order chi connectivity index (χ1) is 8.46. The van der Waals surface area contributed by atoms with Gasteiger partial charge in [0.25, 0.3) is 20.2 Å². The van der Waals surface area contributed by atoms with Gasteiger partial charge in [0.2, 0.25) is 0 Å². The van der Waals surface area contributed by atoms with Crippen molar-refractivity contribution in [2.75, 3.05) is 0 Å². The lowest BCUT2D eigenvalue weighted by Gasteiger charge is -2.36. The molecule has 0 saturated heterocycles. The van der Waals surface area contributed by atoms with Gasteiger partial charge in [0.1, 0.15) is 0 Å². The Hall–Kier alpha value is -0.710. The van der Waals surface area contributed by atoms with Crippen molar-refractivity contribution in [3.05, 3.63) is 6.42 Å². The average Bonchev–Trinajstić information content (AvgIpc) is 2.24. The summed E-state index contributed by atoms with van der Waals surface area (Å²) in [5.74, 6) is -4.14. The Labute approximate surface area is 111 Å². The van der Waals surface area contributed by atoms with Crippen molar-refractivity contribution in [2.24, 2.45) is 11.8 Å². The molecule has 0 aromatic carbocycles. The van der Waals surface area contributed by atoms with Gasteiger partial charge in [0, 0.05) is 5.92 Å². The predicted molar refractivity (Wildman–Crippen MR) is 64.5 cm³/mol. The zero-order chi connectivity index (χ0) is 15.0. The Morgan fingerprint density at radius 2 is 1.47 bits per heavy atom. The molecule has 0 amide bonds. The van der Waals surface area contributed by atoms with Crippen molar-refractivity contribution in [1.82, 2.24) is 0 Å². The van der Waals surface area contributed by atoms with Crippen LogP contribution in [0.15, 0.2) is 0 Å². The summed E-state index contributed by atoms with van der Waals surface area (Å²) in [6.07, 6.45) is 0.988.